The fourth-order valence-corrected chi connectivity index (χ4v) is 2.61. The van der Waals surface area contributed by atoms with E-state index in [-0.39, 0.29) is 0 Å². The molecule has 4 heteroatoms. The minimum Gasteiger partial charge on any atom is -0.289 e. The van der Waals surface area contributed by atoms with Crippen molar-refractivity contribution < 1.29 is 4.68 Å². The molecule has 0 spiro atoms. The van der Waals surface area contributed by atoms with Gasteiger partial charge in [-0.05, 0) is 6.42 Å². The Hall–Kier alpha value is -1.06. The number of rotatable bonds is 11. The van der Waals surface area contributed by atoms with Gasteiger partial charge in [-0.3, -0.25) is 5.84 Å². The van der Waals surface area contributed by atoms with Crippen LogP contribution in [0.3, 0.4) is 0 Å². The summed E-state index contributed by atoms with van der Waals surface area (Å²) in [6, 6.07) is 0. The Morgan fingerprint density at radius 2 is 1.40 bits per heavy atom. The summed E-state index contributed by atoms with van der Waals surface area (Å²) in [5.74, 6) is 7.78. The monoisotopic (exact) mass is 281 g/mol. The first-order chi connectivity index (χ1) is 9.66. The van der Waals surface area contributed by atoms with E-state index in [0.717, 1.165) is 18.2 Å². The van der Waals surface area contributed by atoms with Crippen LogP contribution in [0.4, 0.5) is 0 Å². The molecule has 1 rings (SSSR count). The Morgan fingerprint density at radius 3 is 1.85 bits per heavy atom. The minimum absolute atomic E-state index is 0.884. The van der Waals surface area contributed by atoms with Crippen molar-refractivity contribution >= 4 is 0 Å². The van der Waals surface area contributed by atoms with Crippen LogP contribution in [0.5, 0.6) is 0 Å². The highest BCUT2D eigenvalue weighted by molar-refractivity contribution is 4.75. The first-order valence-corrected chi connectivity index (χ1v) is 8.38. The highest BCUT2D eigenvalue weighted by Gasteiger charge is 2.15. The van der Waals surface area contributed by atoms with E-state index in [1.165, 1.54) is 64.2 Å². The summed E-state index contributed by atoms with van der Waals surface area (Å²) in [6.07, 6.45) is 13.7. The lowest BCUT2D eigenvalue weighted by Crippen LogP contribution is -2.48. The van der Waals surface area contributed by atoms with E-state index in [4.69, 9.17) is 5.84 Å². The van der Waals surface area contributed by atoms with Crippen molar-refractivity contribution in [3.05, 3.63) is 11.6 Å². The molecule has 1 aromatic heterocycles. The van der Waals surface area contributed by atoms with Crippen LogP contribution in [0.25, 0.3) is 0 Å². The molecule has 0 saturated heterocycles. The molecule has 116 valence electrons. The zero-order valence-electron chi connectivity index (χ0n) is 13.7. The maximum Gasteiger partial charge on any atom is 0.295 e. The Morgan fingerprint density at radius 1 is 0.900 bits per heavy atom. The Balaban J connectivity index is 1.98. The molecule has 0 atom stereocenters. The second-order valence-corrected chi connectivity index (χ2v) is 5.87. The van der Waals surface area contributed by atoms with Gasteiger partial charge in [0.05, 0.1) is 0 Å². The molecule has 0 fully saturated rings. The lowest BCUT2D eigenvalue weighted by atomic mass is 10.1. The normalized spacial score (nSPS) is 11.2. The molecule has 0 amide bonds. The summed E-state index contributed by atoms with van der Waals surface area (Å²) < 4.78 is 3.69. The zero-order chi connectivity index (χ0) is 14.8. The van der Waals surface area contributed by atoms with E-state index in [9.17, 15) is 0 Å². The maximum absolute atomic E-state index is 5.86. The SMILES string of the molecule is CCCCCCCCCCCCn1nc(C)[n+](N)c1C. The molecule has 20 heavy (non-hydrogen) atoms. The van der Waals surface area contributed by atoms with Crippen molar-refractivity contribution in [2.45, 2.75) is 91.5 Å². The van der Waals surface area contributed by atoms with Crippen LogP contribution in [0.2, 0.25) is 0 Å². The standard InChI is InChI=1S/C16H33N4/c1-4-5-6-7-8-9-10-11-12-13-14-19-16(3)20(17)15(2)18-19/h4-14,17H2,1-3H3/q+1. The van der Waals surface area contributed by atoms with Crippen LogP contribution < -0.4 is 10.5 Å². The number of nitrogen functional groups attached to an aromatic ring is 1. The molecule has 1 aromatic rings. The quantitative estimate of drug-likeness (QED) is 0.384. The van der Waals surface area contributed by atoms with Crippen LogP contribution in [0.1, 0.15) is 82.8 Å². The van der Waals surface area contributed by atoms with Crippen LogP contribution >= 0.6 is 0 Å². The highest BCUT2D eigenvalue weighted by atomic mass is 15.5. The van der Waals surface area contributed by atoms with Gasteiger partial charge in [-0.2, -0.15) is 0 Å². The van der Waals surface area contributed by atoms with Crippen LogP contribution in [0, 0.1) is 13.8 Å². The molecule has 0 aliphatic heterocycles. The number of hydrogen-bond acceptors (Lipinski definition) is 2. The molecule has 4 nitrogen and oxygen atoms in total. The summed E-state index contributed by atoms with van der Waals surface area (Å²) >= 11 is 0. The second-order valence-electron chi connectivity index (χ2n) is 5.87. The van der Waals surface area contributed by atoms with Gasteiger partial charge in [-0.25, -0.2) is 0 Å². The third kappa shape index (κ3) is 5.93. The average Bonchev–Trinajstić information content (AvgIpc) is 2.68. The van der Waals surface area contributed by atoms with Crippen molar-refractivity contribution in [3.63, 3.8) is 0 Å². The average molecular weight is 281 g/mol. The third-order valence-corrected chi connectivity index (χ3v) is 4.06. The van der Waals surface area contributed by atoms with E-state index in [0.29, 0.717) is 0 Å². The van der Waals surface area contributed by atoms with Gasteiger partial charge in [0.2, 0.25) is 0 Å². The van der Waals surface area contributed by atoms with E-state index in [1.54, 1.807) is 4.68 Å². The van der Waals surface area contributed by atoms with Gasteiger partial charge in [-0.15, -0.1) is 9.36 Å². The van der Waals surface area contributed by atoms with Crippen molar-refractivity contribution in [1.29, 1.82) is 0 Å². The molecule has 0 saturated carbocycles. The minimum atomic E-state index is 0.884. The molecular weight excluding hydrogens is 248 g/mol. The lowest BCUT2D eigenvalue weighted by Gasteiger charge is -2.01. The van der Waals surface area contributed by atoms with Gasteiger partial charge in [-0.1, -0.05) is 64.7 Å². The largest absolute Gasteiger partial charge is 0.295 e. The van der Waals surface area contributed by atoms with Gasteiger partial charge in [0.25, 0.3) is 11.6 Å². The van der Waals surface area contributed by atoms with Crippen molar-refractivity contribution in [1.82, 2.24) is 9.78 Å². The van der Waals surface area contributed by atoms with Gasteiger partial charge in [0.1, 0.15) is 6.54 Å². The molecule has 0 radical (unpaired) electrons. The van der Waals surface area contributed by atoms with Crippen molar-refractivity contribution in [2.75, 3.05) is 5.84 Å². The molecule has 1 heterocycles. The highest BCUT2D eigenvalue weighted by Crippen LogP contribution is 2.10. The second kappa shape index (κ2) is 9.78. The fourth-order valence-electron chi connectivity index (χ4n) is 2.61. The Bertz CT molecular complexity index is 371. The molecule has 0 aliphatic rings. The lowest BCUT2D eigenvalue weighted by molar-refractivity contribution is -0.652. The summed E-state index contributed by atoms with van der Waals surface area (Å²) in [6.45, 7) is 7.24. The predicted octanol–water partition coefficient (Wildman–Crippen LogP) is 3.42. The van der Waals surface area contributed by atoms with Gasteiger partial charge < -0.3 is 0 Å². The summed E-state index contributed by atoms with van der Waals surface area (Å²) in [5.41, 5.74) is 0. The fraction of sp³-hybridized carbons (Fsp3) is 0.875. The van der Waals surface area contributed by atoms with Crippen molar-refractivity contribution in [3.8, 4) is 0 Å². The number of nitrogens with two attached hydrogens (primary N) is 1. The topological polar surface area (TPSA) is 47.7 Å². The summed E-state index contributed by atoms with van der Waals surface area (Å²) in [5, 5.41) is 4.44. The number of hydrogen-bond donors (Lipinski definition) is 1. The third-order valence-electron chi connectivity index (χ3n) is 4.06. The van der Waals surface area contributed by atoms with E-state index in [2.05, 4.69) is 12.0 Å². The van der Waals surface area contributed by atoms with E-state index >= 15 is 0 Å². The Kier molecular flexibility index (Phi) is 8.31. The van der Waals surface area contributed by atoms with E-state index < -0.39 is 0 Å². The van der Waals surface area contributed by atoms with Crippen LogP contribution in [0.15, 0.2) is 0 Å². The number of unbranched alkanes of at least 4 members (excludes halogenated alkanes) is 9. The maximum atomic E-state index is 5.86. The van der Waals surface area contributed by atoms with Gasteiger partial charge in [0, 0.05) is 18.9 Å². The first kappa shape index (κ1) is 17.0. The zero-order valence-corrected chi connectivity index (χ0v) is 13.7. The van der Waals surface area contributed by atoms with Gasteiger partial charge >= 0.3 is 0 Å². The van der Waals surface area contributed by atoms with E-state index in [1.807, 2.05) is 18.5 Å². The number of nitrogens with zero attached hydrogens (tertiary/aromatic N) is 3. The smallest absolute Gasteiger partial charge is 0.289 e. The van der Waals surface area contributed by atoms with Gasteiger partial charge in [0.15, 0.2) is 0 Å². The van der Waals surface area contributed by atoms with Crippen LogP contribution in [-0.4, -0.2) is 9.78 Å². The molecule has 0 aromatic carbocycles. The molecular formula is C16H33N4+. The number of aromatic nitrogens is 3. The predicted molar refractivity (Wildman–Crippen MR) is 83.9 cm³/mol. The molecule has 0 bridgehead atoms. The molecule has 0 unspecified atom stereocenters. The molecule has 2 N–H and O–H groups in total. The van der Waals surface area contributed by atoms with Crippen molar-refractivity contribution in [2.24, 2.45) is 0 Å². The van der Waals surface area contributed by atoms with Crippen LogP contribution in [-0.2, 0) is 6.54 Å². The summed E-state index contributed by atoms with van der Waals surface area (Å²) in [7, 11) is 0. The molecule has 0 aliphatic carbocycles. The first-order valence-electron chi connectivity index (χ1n) is 8.38. The Labute approximate surface area is 124 Å². The number of aryl methyl sites for hydroxylation is 2. The summed E-state index contributed by atoms with van der Waals surface area (Å²) in [4.78, 5) is 0.